The maximum absolute atomic E-state index is 12.0. The second-order valence-corrected chi connectivity index (χ2v) is 6.15. The lowest BCUT2D eigenvalue weighted by Crippen LogP contribution is -2.41. The van der Waals surface area contributed by atoms with Crippen molar-refractivity contribution in [1.29, 1.82) is 0 Å². The van der Waals surface area contributed by atoms with E-state index in [0.29, 0.717) is 31.6 Å². The monoisotopic (exact) mass is 359 g/mol. The van der Waals surface area contributed by atoms with Crippen molar-refractivity contribution in [2.75, 3.05) is 39.3 Å². The molecule has 26 heavy (non-hydrogen) atoms. The van der Waals surface area contributed by atoms with Gasteiger partial charge in [0.2, 0.25) is 5.91 Å². The molecule has 1 aromatic rings. The Bertz CT molecular complexity index is 603. The summed E-state index contributed by atoms with van der Waals surface area (Å²) in [5, 5.41) is 9.27. The van der Waals surface area contributed by atoms with Gasteiger partial charge >= 0.3 is 0 Å². The Kier molecular flexibility index (Phi) is 8.45. The molecule has 3 N–H and O–H groups in total. The highest BCUT2D eigenvalue weighted by atomic mass is 16.2. The molecule has 0 bridgehead atoms. The van der Waals surface area contributed by atoms with Gasteiger partial charge in [-0.25, -0.2) is 0 Å². The molecule has 0 atom stereocenters. The molecule has 7 heteroatoms. The summed E-state index contributed by atoms with van der Waals surface area (Å²) in [6, 6.07) is 9.16. The first-order chi connectivity index (χ1) is 12.7. The number of hydrogen-bond donors (Lipinski definition) is 3. The third-order valence-corrected chi connectivity index (χ3v) is 4.11. The standard InChI is InChI=1S/C19H29N5O2/c1-2-20-19(22-11-7-15-24-14-6-10-17(24)25)23-13-12-21-18(26)16-8-4-3-5-9-16/h3-5,8-9H,2,6-7,10-15H2,1H3,(H,21,26)(H2,20,22,23). The molecular formula is C19H29N5O2. The lowest BCUT2D eigenvalue weighted by Gasteiger charge is -2.15. The van der Waals surface area contributed by atoms with Gasteiger partial charge in [0.1, 0.15) is 0 Å². The molecule has 0 unspecified atom stereocenters. The van der Waals surface area contributed by atoms with Crippen molar-refractivity contribution in [3.63, 3.8) is 0 Å². The number of likely N-dealkylation sites (tertiary alicyclic amines) is 1. The number of rotatable bonds is 9. The van der Waals surface area contributed by atoms with Gasteiger partial charge in [-0.05, 0) is 31.9 Å². The third kappa shape index (κ3) is 6.74. The Hall–Kier alpha value is -2.57. The van der Waals surface area contributed by atoms with Crippen LogP contribution < -0.4 is 16.0 Å². The number of aliphatic imine (C=N–C) groups is 1. The zero-order chi connectivity index (χ0) is 18.6. The van der Waals surface area contributed by atoms with Crippen LogP contribution >= 0.6 is 0 Å². The highest BCUT2D eigenvalue weighted by Crippen LogP contribution is 2.09. The second-order valence-electron chi connectivity index (χ2n) is 6.15. The van der Waals surface area contributed by atoms with E-state index < -0.39 is 0 Å². The number of guanidine groups is 1. The minimum Gasteiger partial charge on any atom is -0.357 e. The van der Waals surface area contributed by atoms with Crippen molar-refractivity contribution in [3.05, 3.63) is 35.9 Å². The van der Waals surface area contributed by atoms with Crippen LogP contribution in [0.15, 0.2) is 35.3 Å². The van der Waals surface area contributed by atoms with Gasteiger partial charge in [-0.2, -0.15) is 0 Å². The van der Waals surface area contributed by atoms with Crippen LogP contribution in [0.1, 0.15) is 36.5 Å². The predicted octanol–water partition coefficient (Wildman–Crippen LogP) is 0.984. The molecule has 1 aliphatic rings. The quantitative estimate of drug-likeness (QED) is 0.349. The summed E-state index contributed by atoms with van der Waals surface area (Å²) < 4.78 is 0. The number of carbonyl (C=O) groups is 2. The maximum Gasteiger partial charge on any atom is 0.251 e. The summed E-state index contributed by atoms with van der Waals surface area (Å²) in [5.74, 6) is 0.909. The molecule has 1 aliphatic heterocycles. The van der Waals surface area contributed by atoms with E-state index in [4.69, 9.17) is 0 Å². The fourth-order valence-electron chi connectivity index (χ4n) is 2.78. The molecule has 0 saturated carbocycles. The molecule has 0 aromatic heterocycles. The fraction of sp³-hybridized carbons (Fsp3) is 0.526. The van der Waals surface area contributed by atoms with Crippen LogP contribution in [-0.4, -0.2) is 61.9 Å². The fourth-order valence-corrected chi connectivity index (χ4v) is 2.78. The van der Waals surface area contributed by atoms with Gasteiger partial charge in [-0.1, -0.05) is 18.2 Å². The largest absolute Gasteiger partial charge is 0.357 e. The van der Waals surface area contributed by atoms with Crippen LogP contribution in [-0.2, 0) is 4.79 Å². The molecule has 2 rings (SSSR count). The Morgan fingerprint density at radius 3 is 2.62 bits per heavy atom. The van der Waals surface area contributed by atoms with E-state index >= 15 is 0 Å². The van der Waals surface area contributed by atoms with Gasteiger partial charge in [0.05, 0.1) is 0 Å². The van der Waals surface area contributed by atoms with Gasteiger partial charge < -0.3 is 20.9 Å². The highest BCUT2D eigenvalue weighted by molar-refractivity contribution is 5.94. The smallest absolute Gasteiger partial charge is 0.251 e. The van der Waals surface area contributed by atoms with Crippen LogP contribution in [0.2, 0.25) is 0 Å². The van der Waals surface area contributed by atoms with Crippen molar-refractivity contribution < 1.29 is 9.59 Å². The average molecular weight is 359 g/mol. The molecule has 1 fully saturated rings. The number of nitrogens with one attached hydrogen (secondary N) is 3. The number of amides is 2. The summed E-state index contributed by atoms with van der Waals surface area (Å²) in [5.41, 5.74) is 0.657. The van der Waals surface area contributed by atoms with Crippen molar-refractivity contribution >= 4 is 17.8 Å². The van der Waals surface area contributed by atoms with Gasteiger partial charge in [0.25, 0.3) is 5.91 Å². The van der Waals surface area contributed by atoms with Crippen LogP contribution in [0.3, 0.4) is 0 Å². The third-order valence-electron chi connectivity index (χ3n) is 4.11. The van der Waals surface area contributed by atoms with Crippen molar-refractivity contribution in [2.45, 2.75) is 26.2 Å². The van der Waals surface area contributed by atoms with Crippen LogP contribution in [0.4, 0.5) is 0 Å². The number of carbonyl (C=O) groups excluding carboxylic acids is 2. The van der Waals surface area contributed by atoms with Gasteiger partial charge in [0, 0.05) is 51.3 Å². The van der Waals surface area contributed by atoms with E-state index in [1.165, 1.54) is 0 Å². The summed E-state index contributed by atoms with van der Waals surface area (Å²) in [6.45, 7) is 6.20. The lowest BCUT2D eigenvalue weighted by atomic mass is 10.2. The molecular weight excluding hydrogens is 330 g/mol. The Labute approximate surface area is 155 Å². The number of benzene rings is 1. The first-order valence-electron chi connectivity index (χ1n) is 9.34. The molecule has 1 heterocycles. The maximum atomic E-state index is 12.0. The average Bonchev–Trinajstić information content (AvgIpc) is 3.07. The van der Waals surface area contributed by atoms with E-state index in [1.807, 2.05) is 30.0 Å². The molecule has 1 aromatic carbocycles. The van der Waals surface area contributed by atoms with E-state index in [9.17, 15) is 9.59 Å². The van der Waals surface area contributed by atoms with E-state index in [0.717, 1.165) is 38.4 Å². The summed E-state index contributed by atoms with van der Waals surface area (Å²) >= 11 is 0. The first-order valence-corrected chi connectivity index (χ1v) is 9.34. The van der Waals surface area contributed by atoms with Gasteiger partial charge in [-0.3, -0.25) is 14.6 Å². The van der Waals surface area contributed by atoms with Crippen molar-refractivity contribution in [2.24, 2.45) is 4.99 Å². The van der Waals surface area contributed by atoms with Crippen molar-refractivity contribution in [3.8, 4) is 0 Å². The Balaban J connectivity index is 1.65. The summed E-state index contributed by atoms with van der Waals surface area (Å²) in [7, 11) is 0. The molecule has 0 aliphatic carbocycles. The molecule has 1 saturated heterocycles. The van der Waals surface area contributed by atoms with E-state index in [-0.39, 0.29) is 11.8 Å². The Morgan fingerprint density at radius 2 is 1.92 bits per heavy atom. The minimum absolute atomic E-state index is 0.0791. The normalized spacial score (nSPS) is 14.4. The second kappa shape index (κ2) is 11.1. The van der Waals surface area contributed by atoms with Gasteiger partial charge in [-0.15, -0.1) is 0 Å². The zero-order valence-corrected chi connectivity index (χ0v) is 15.5. The molecule has 7 nitrogen and oxygen atoms in total. The van der Waals surface area contributed by atoms with E-state index in [1.54, 1.807) is 12.1 Å². The number of nitrogens with zero attached hydrogens (tertiary/aromatic N) is 2. The van der Waals surface area contributed by atoms with Crippen LogP contribution in [0, 0.1) is 0 Å². The molecule has 2 amide bonds. The lowest BCUT2D eigenvalue weighted by molar-refractivity contribution is -0.127. The Morgan fingerprint density at radius 1 is 1.15 bits per heavy atom. The van der Waals surface area contributed by atoms with E-state index in [2.05, 4.69) is 20.9 Å². The van der Waals surface area contributed by atoms with Crippen LogP contribution in [0.25, 0.3) is 0 Å². The van der Waals surface area contributed by atoms with Gasteiger partial charge in [0.15, 0.2) is 5.96 Å². The first kappa shape index (κ1) is 19.8. The minimum atomic E-state index is -0.0791. The highest BCUT2D eigenvalue weighted by Gasteiger charge is 2.18. The van der Waals surface area contributed by atoms with Crippen molar-refractivity contribution in [1.82, 2.24) is 20.9 Å². The van der Waals surface area contributed by atoms with Crippen LogP contribution in [0.5, 0.6) is 0 Å². The number of hydrogen-bond acceptors (Lipinski definition) is 3. The summed E-state index contributed by atoms with van der Waals surface area (Å²) in [6.07, 6.45) is 2.51. The SMILES string of the molecule is CCNC(=NCCCN1CCCC1=O)NCCNC(=O)c1ccccc1. The molecule has 0 radical (unpaired) electrons. The predicted molar refractivity (Wildman–Crippen MR) is 103 cm³/mol. The molecule has 142 valence electrons. The topological polar surface area (TPSA) is 85.8 Å². The summed E-state index contributed by atoms with van der Waals surface area (Å²) in [4.78, 5) is 30.0. The zero-order valence-electron chi connectivity index (χ0n) is 15.5. The molecule has 0 spiro atoms.